The van der Waals surface area contributed by atoms with Crippen molar-refractivity contribution in [2.75, 3.05) is 6.73 Å². The fourth-order valence-corrected chi connectivity index (χ4v) is 2.89. The molecule has 0 aromatic heterocycles. The molecule has 1 heterocycles. The maximum atomic E-state index is 10.9. The van der Waals surface area contributed by atoms with E-state index in [0.29, 0.717) is 0 Å². The minimum Gasteiger partial charge on any atom is -0.569 e. The summed E-state index contributed by atoms with van der Waals surface area (Å²) in [5.41, 5.74) is 1.42. The zero-order valence-electron chi connectivity index (χ0n) is 14.2. The van der Waals surface area contributed by atoms with Crippen molar-refractivity contribution < 1.29 is 78.0 Å². The van der Waals surface area contributed by atoms with Gasteiger partial charge < -0.3 is 20.0 Å². The molecule has 0 atom stereocenters. The Morgan fingerprint density at radius 3 is 1.92 bits per heavy atom. The van der Waals surface area contributed by atoms with Crippen LogP contribution in [0.2, 0.25) is 0 Å². The molecular weight excluding hydrogens is 361 g/mol. The van der Waals surface area contributed by atoms with Crippen LogP contribution in [0.1, 0.15) is 11.1 Å². The van der Waals surface area contributed by atoms with E-state index in [1.54, 1.807) is 11.6 Å². The van der Waals surface area contributed by atoms with Crippen molar-refractivity contribution in [1.29, 1.82) is 0 Å². The van der Waals surface area contributed by atoms with E-state index in [1.807, 2.05) is 67.2 Å². The van der Waals surface area contributed by atoms with Gasteiger partial charge >= 0.3 is 66.9 Å². The van der Waals surface area contributed by atoms with Crippen LogP contribution in [-0.2, 0) is 14.6 Å². The Hall–Kier alpha value is 0.470. The normalized spacial score (nSPS) is 16.7. The Bertz CT molecular complexity index is 660. The summed E-state index contributed by atoms with van der Waals surface area (Å²) in [6.45, 7) is 3.27. The van der Waals surface area contributed by atoms with Crippen molar-refractivity contribution in [3.63, 3.8) is 0 Å². The van der Waals surface area contributed by atoms with Gasteiger partial charge in [-0.3, -0.25) is 11.1 Å². The van der Waals surface area contributed by atoms with Crippen LogP contribution in [0.15, 0.2) is 60.7 Å². The van der Waals surface area contributed by atoms with Gasteiger partial charge in [-0.05, 0) is 0 Å². The van der Waals surface area contributed by atoms with Crippen molar-refractivity contribution in [3.05, 3.63) is 85.0 Å². The van der Waals surface area contributed by atoms with E-state index in [4.69, 9.17) is 9.79 Å². The molecule has 1 fully saturated rings. The molecule has 6 nitrogen and oxygen atoms in total. The Morgan fingerprint density at radius 2 is 1.48 bits per heavy atom. The van der Waals surface area contributed by atoms with Crippen LogP contribution in [0.3, 0.4) is 0 Å². The predicted molar refractivity (Wildman–Crippen MR) is 85.2 cm³/mol. The molecule has 1 aliphatic heterocycles. The second-order valence-corrected chi connectivity index (χ2v) is 6.44. The van der Waals surface area contributed by atoms with Crippen molar-refractivity contribution in [1.82, 2.24) is 10.2 Å². The summed E-state index contributed by atoms with van der Waals surface area (Å²) in [7, 11) is -4.51. The van der Waals surface area contributed by atoms with Gasteiger partial charge in [0.25, 0.3) is 0 Å². The molecule has 1 saturated heterocycles. The fraction of sp³-hybridized carbons (Fsp3) is 0.125. The zero-order chi connectivity index (χ0) is 16.3. The molecule has 0 amide bonds. The van der Waals surface area contributed by atoms with Gasteiger partial charge in [-0.2, -0.15) is 0 Å². The summed E-state index contributed by atoms with van der Waals surface area (Å²) >= 11 is 0. The molecule has 0 radical (unpaired) electrons. The summed E-state index contributed by atoms with van der Waals surface area (Å²) in [5.74, 6) is 0. The molecule has 0 spiro atoms. The van der Waals surface area contributed by atoms with Crippen LogP contribution in [0, 0.1) is 13.2 Å². The molecule has 0 saturated carbocycles. The van der Waals surface area contributed by atoms with E-state index in [2.05, 4.69) is 9.84 Å². The number of nitrogens with zero attached hydrogens (tertiary/aromatic N) is 1. The average Bonchev–Trinajstić information content (AvgIpc) is 3.00. The molecule has 9 heteroatoms. The predicted octanol–water partition coefficient (Wildman–Crippen LogP) is -3.81. The van der Waals surface area contributed by atoms with E-state index in [0.717, 1.165) is 11.1 Å². The van der Waals surface area contributed by atoms with E-state index in [9.17, 15) is 4.57 Å². The number of benzene rings is 2. The largest absolute Gasteiger partial charge is 1.00 e. The SMILES string of the molecule is O=P(O)(O)OCN1[CH-]NC(c2ccccc2)(c2ccccc2)[CH-]1.[Na+].[Na+]. The third-order valence-electron chi connectivity index (χ3n) is 3.65. The van der Waals surface area contributed by atoms with Crippen molar-refractivity contribution >= 4 is 7.82 Å². The van der Waals surface area contributed by atoms with Gasteiger partial charge in [0, 0.05) is 0 Å². The van der Waals surface area contributed by atoms with E-state index in [-0.39, 0.29) is 65.8 Å². The molecule has 2 aromatic carbocycles. The first-order chi connectivity index (χ1) is 11.0. The number of hydrogen-bond donors (Lipinski definition) is 3. The second kappa shape index (κ2) is 10.1. The summed E-state index contributed by atoms with van der Waals surface area (Å²) in [6, 6.07) is 19.7. The standard InChI is InChI=1S/C16H17N2O4P.2Na/c19-23(20,21)22-13-18-11-16(17-12-18,14-7-3-1-4-8-14)15-9-5-2-6-10-15;;/h1-12,17H,13H2,(H2,19,20,21);;/q-2;2*+1. The topological polar surface area (TPSA) is 82.0 Å². The molecule has 3 rings (SSSR count). The number of hydrogen-bond acceptors (Lipinski definition) is 4. The smallest absolute Gasteiger partial charge is 0.569 e. The third-order valence-corrected chi connectivity index (χ3v) is 4.10. The van der Waals surface area contributed by atoms with Gasteiger partial charge in [-0.15, -0.1) is 0 Å². The van der Waals surface area contributed by atoms with Crippen LogP contribution < -0.4 is 64.4 Å². The van der Waals surface area contributed by atoms with Crippen molar-refractivity contribution in [2.24, 2.45) is 0 Å². The summed E-state index contributed by atoms with van der Waals surface area (Å²) in [5, 5.41) is 3.30. The van der Waals surface area contributed by atoms with Crippen LogP contribution in [0.5, 0.6) is 0 Å². The Morgan fingerprint density at radius 1 is 1.00 bits per heavy atom. The third kappa shape index (κ3) is 5.98. The number of rotatable bonds is 5. The van der Waals surface area contributed by atoms with Crippen LogP contribution in [0.4, 0.5) is 0 Å². The number of nitrogens with one attached hydrogen (secondary N) is 1. The van der Waals surface area contributed by atoms with E-state index >= 15 is 0 Å². The Balaban J connectivity index is 0.00000156. The first-order valence-corrected chi connectivity index (χ1v) is 8.57. The molecule has 0 unspecified atom stereocenters. The number of phosphoric acid groups is 1. The number of phosphoric ester groups is 1. The van der Waals surface area contributed by atoms with Crippen molar-refractivity contribution in [2.45, 2.75) is 5.54 Å². The second-order valence-electron chi connectivity index (χ2n) is 5.21. The van der Waals surface area contributed by atoms with Gasteiger partial charge in [0.1, 0.15) is 0 Å². The van der Waals surface area contributed by atoms with Crippen LogP contribution in [-0.4, -0.2) is 21.4 Å². The summed E-state index contributed by atoms with van der Waals surface area (Å²) in [6.07, 6.45) is 0. The molecule has 2 aromatic rings. The van der Waals surface area contributed by atoms with E-state index in [1.165, 1.54) is 0 Å². The quantitative estimate of drug-likeness (QED) is 0.281. The maximum absolute atomic E-state index is 10.9. The molecule has 25 heavy (non-hydrogen) atoms. The zero-order valence-corrected chi connectivity index (χ0v) is 19.1. The molecule has 1 aliphatic rings. The van der Waals surface area contributed by atoms with Gasteiger partial charge in [0.05, 0.1) is 6.73 Å². The Kier molecular flexibility index (Phi) is 9.53. The monoisotopic (exact) mass is 378 g/mol. The molecule has 122 valence electrons. The van der Waals surface area contributed by atoms with E-state index < -0.39 is 13.4 Å². The summed E-state index contributed by atoms with van der Waals surface area (Å²) < 4.78 is 15.5. The van der Waals surface area contributed by atoms with Gasteiger partial charge in [0.2, 0.25) is 0 Å². The molecular formula is C16H17N2Na2O4P. The van der Waals surface area contributed by atoms with Gasteiger partial charge in [-0.25, -0.2) is 11.2 Å². The molecule has 3 N–H and O–H groups in total. The molecule has 0 bridgehead atoms. The van der Waals surface area contributed by atoms with Crippen LogP contribution in [0.25, 0.3) is 0 Å². The average molecular weight is 378 g/mol. The van der Waals surface area contributed by atoms with Crippen LogP contribution >= 0.6 is 7.82 Å². The van der Waals surface area contributed by atoms with Crippen molar-refractivity contribution in [3.8, 4) is 0 Å². The first-order valence-electron chi connectivity index (χ1n) is 7.04. The minimum absolute atomic E-state index is 0. The molecule has 0 aliphatic carbocycles. The Labute approximate surface area is 191 Å². The minimum atomic E-state index is -4.51. The first kappa shape index (κ1) is 23.5. The fourth-order valence-electron chi connectivity index (χ4n) is 2.61. The maximum Gasteiger partial charge on any atom is 1.00 e. The van der Waals surface area contributed by atoms with Gasteiger partial charge in [-0.1, -0.05) is 77.3 Å². The summed E-state index contributed by atoms with van der Waals surface area (Å²) in [4.78, 5) is 19.3. The van der Waals surface area contributed by atoms with Gasteiger partial charge in [0.15, 0.2) is 0 Å².